The van der Waals surface area contributed by atoms with Crippen LogP contribution in [0.25, 0.3) is 5.95 Å². The molecule has 0 aliphatic rings. The van der Waals surface area contributed by atoms with Crippen LogP contribution in [0.3, 0.4) is 0 Å². The normalized spacial score (nSPS) is 10.4. The molecule has 2 heterocycles. The van der Waals surface area contributed by atoms with E-state index in [0.717, 1.165) is 11.4 Å². The predicted molar refractivity (Wildman–Crippen MR) is 110 cm³/mol. The molecule has 0 aliphatic heterocycles. The van der Waals surface area contributed by atoms with Crippen molar-refractivity contribution < 1.29 is 14.3 Å². The lowest BCUT2D eigenvalue weighted by Gasteiger charge is -2.12. The lowest BCUT2D eigenvalue weighted by molar-refractivity contribution is -0.118. The highest BCUT2D eigenvalue weighted by Gasteiger charge is 2.15. The minimum Gasteiger partial charge on any atom is -0.490 e. The summed E-state index contributed by atoms with van der Waals surface area (Å²) in [5.41, 5.74) is 2.76. The summed E-state index contributed by atoms with van der Waals surface area (Å²) in [6.07, 6.45) is 0. The molecule has 30 heavy (non-hydrogen) atoms. The highest BCUT2D eigenvalue weighted by molar-refractivity contribution is 5.91. The average molecular weight is 406 g/mol. The first-order chi connectivity index (χ1) is 14.4. The number of rotatable bonds is 7. The van der Waals surface area contributed by atoms with Crippen molar-refractivity contribution in [1.82, 2.24) is 19.7 Å². The molecule has 0 unspecified atom stereocenters. The summed E-state index contributed by atoms with van der Waals surface area (Å²) in [5.74, 6) is 1.23. The van der Waals surface area contributed by atoms with Gasteiger partial charge in [-0.3, -0.25) is 4.79 Å². The Morgan fingerprint density at radius 3 is 2.47 bits per heavy atom. The standard InChI is InChI=1S/C21H22N6O3/c1-5-29-18-10-16(11-22)6-7-17(18)30-12-20(28)25-19-9-15(4)26-27(19)21-23-13(2)8-14(3)24-21/h6-10H,5,12H2,1-4H3,(H,25,28). The molecule has 9 nitrogen and oxygen atoms in total. The Balaban J connectivity index is 1.74. The molecule has 1 aromatic carbocycles. The molecule has 0 saturated carbocycles. The Morgan fingerprint density at radius 1 is 1.07 bits per heavy atom. The zero-order chi connectivity index (χ0) is 21.7. The zero-order valence-electron chi connectivity index (χ0n) is 17.3. The second kappa shape index (κ2) is 9.05. The summed E-state index contributed by atoms with van der Waals surface area (Å²) in [6, 6.07) is 10.4. The van der Waals surface area contributed by atoms with E-state index in [2.05, 4.69) is 20.4 Å². The van der Waals surface area contributed by atoms with Gasteiger partial charge >= 0.3 is 0 Å². The molecule has 0 fully saturated rings. The number of anilines is 1. The lowest BCUT2D eigenvalue weighted by Crippen LogP contribution is -2.22. The van der Waals surface area contributed by atoms with E-state index in [1.807, 2.05) is 39.8 Å². The van der Waals surface area contributed by atoms with Crippen LogP contribution in [0.4, 0.5) is 5.82 Å². The largest absolute Gasteiger partial charge is 0.490 e. The molecular weight excluding hydrogens is 384 g/mol. The SMILES string of the molecule is CCOc1cc(C#N)ccc1OCC(=O)Nc1cc(C)nn1-c1nc(C)cc(C)n1. The topological polar surface area (TPSA) is 115 Å². The van der Waals surface area contributed by atoms with Crippen LogP contribution >= 0.6 is 0 Å². The van der Waals surface area contributed by atoms with Crippen molar-refractivity contribution in [2.24, 2.45) is 0 Å². The fourth-order valence-corrected chi connectivity index (χ4v) is 2.83. The van der Waals surface area contributed by atoms with Crippen molar-refractivity contribution in [1.29, 1.82) is 5.26 Å². The van der Waals surface area contributed by atoms with Gasteiger partial charge in [0, 0.05) is 23.5 Å². The van der Waals surface area contributed by atoms with E-state index in [1.165, 1.54) is 4.68 Å². The quantitative estimate of drug-likeness (QED) is 0.641. The molecule has 3 aromatic rings. The predicted octanol–water partition coefficient (Wildman–Crippen LogP) is 2.88. The van der Waals surface area contributed by atoms with Gasteiger partial charge in [0.2, 0.25) is 0 Å². The third kappa shape index (κ3) is 4.91. The molecule has 1 N–H and O–H groups in total. The van der Waals surface area contributed by atoms with Crippen molar-refractivity contribution in [3.05, 3.63) is 53.0 Å². The molecule has 1 amide bonds. The number of amides is 1. The number of carbonyl (C=O) groups excluding carboxylic acids is 1. The Bertz CT molecular complexity index is 1100. The van der Waals surface area contributed by atoms with Gasteiger partial charge in [-0.15, -0.1) is 0 Å². The maximum atomic E-state index is 12.5. The lowest BCUT2D eigenvalue weighted by atomic mass is 10.2. The van der Waals surface area contributed by atoms with E-state index in [0.29, 0.717) is 41.1 Å². The van der Waals surface area contributed by atoms with Crippen molar-refractivity contribution in [3.8, 4) is 23.5 Å². The maximum Gasteiger partial charge on any atom is 0.263 e. The highest BCUT2D eigenvalue weighted by atomic mass is 16.5. The molecule has 0 aliphatic carbocycles. The van der Waals surface area contributed by atoms with E-state index < -0.39 is 0 Å². The Hall–Kier alpha value is -3.93. The second-order valence-corrected chi connectivity index (χ2v) is 6.58. The minimum atomic E-state index is -0.382. The van der Waals surface area contributed by atoms with Crippen LogP contribution in [-0.2, 0) is 4.79 Å². The van der Waals surface area contributed by atoms with Gasteiger partial charge in [-0.2, -0.15) is 15.0 Å². The van der Waals surface area contributed by atoms with E-state index >= 15 is 0 Å². The Kier molecular flexibility index (Phi) is 6.27. The Labute approximate surface area is 174 Å². The first-order valence-electron chi connectivity index (χ1n) is 9.38. The zero-order valence-corrected chi connectivity index (χ0v) is 17.3. The minimum absolute atomic E-state index is 0.246. The van der Waals surface area contributed by atoms with Gasteiger partial charge in [-0.1, -0.05) is 0 Å². The molecule has 154 valence electrons. The highest BCUT2D eigenvalue weighted by Crippen LogP contribution is 2.28. The van der Waals surface area contributed by atoms with Crippen molar-refractivity contribution in [2.45, 2.75) is 27.7 Å². The van der Waals surface area contributed by atoms with E-state index in [1.54, 1.807) is 24.3 Å². The van der Waals surface area contributed by atoms with Crippen molar-refractivity contribution in [2.75, 3.05) is 18.5 Å². The summed E-state index contributed by atoms with van der Waals surface area (Å²) in [5, 5.41) is 16.2. The summed E-state index contributed by atoms with van der Waals surface area (Å²) < 4.78 is 12.6. The van der Waals surface area contributed by atoms with Crippen LogP contribution in [0.2, 0.25) is 0 Å². The third-order valence-electron chi connectivity index (χ3n) is 3.99. The summed E-state index contributed by atoms with van der Waals surface area (Å²) >= 11 is 0. The van der Waals surface area contributed by atoms with Gasteiger partial charge in [0.25, 0.3) is 11.9 Å². The molecule has 2 aromatic heterocycles. The molecule has 0 radical (unpaired) electrons. The number of ether oxygens (including phenoxy) is 2. The average Bonchev–Trinajstić information content (AvgIpc) is 3.06. The fourth-order valence-electron chi connectivity index (χ4n) is 2.83. The van der Waals surface area contributed by atoms with Gasteiger partial charge in [-0.25, -0.2) is 9.97 Å². The molecule has 0 saturated heterocycles. The molecular formula is C21H22N6O3. The number of carbonyl (C=O) groups is 1. The molecule has 3 rings (SSSR count). The summed E-state index contributed by atoms with van der Waals surface area (Å²) in [4.78, 5) is 21.3. The van der Waals surface area contributed by atoms with Gasteiger partial charge in [-0.05, 0) is 45.9 Å². The Morgan fingerprint density at radius 2 is 1.80 bits per heavy atom. The molecule has 0 atom stereocenters. The van der Waals surface area contributed by atoms with Gasteiger partial charge in [0.05, 0.1) is 23.9 Å². The number of nitriles is 1. The number of benzene rings is 1. The summed E-state index contributed by atoms with van der Waals surface area (Å²) in [6.45, 7) is 7.54. The van der Waals surface area contributed by atoms with Crippen LogP contribution in [0, 0.1) is 32.1 Å². The van der Waals surface area contributed by atoms with Crippen LogP contribution in [-0.4, -0.2) is 38.9 Å². The van der Waals surface area contributed by atoms with Gasteiger partial charge in [0.15, 0.2) is 18.1 Å². The first-order valence-corrected chi connectivity index (χ1v) is 9.38. The van der Waals surface area contributed by atoms with E-state index in [-0.39, 0.29) is 12.5 Å². The van der Waals surface area contributed by atoms with Crippen LogP contribution in [0.1, 0.15) is 29.6 Å². The number of nitrogens with zero attached hydrogens (tertiary/aromatic N) is 5. The molecule has 0 bridgehead atoms. The number of nitrogens with one attached hydrogen (secondary N) is 1. The van der Waals surface area contributed by atoms with Gasteiger partial charge in [0.1, 0.15) is 5.82 Å². The smallest absolute Gasteiger partial charge is 0.263 e. The van der Waals surface area contributed by atoms with Gasteiger partial charge < -0.3 is 14.8 Å². The van der Waals surface area contributed by atoms with E-state index in [4.69, 9.17) is 14.7 Å². The first kappa shape index (κ1) is 20.8. The van der Waals surface area contributed by atoms with Crippen molar-refractivity contribution in [3.63, 3.8) is 0 Å². The third-order valence-corrected chi connectivity index (χ3v) is 3.99. The number of hydrogen-bond acceptors (Lipinski definition) is 7. The maximum absolute atomic E-state index is 12.5. The number of aromatic nitrogens is 4. The number of aryl methyl sites for hydroxylation is 3. The molecule has 9 heteroatoms. The monoisotopic (exact) mass is 406 g/mol. The second-order valence-electron chi connectivity index (χ2n) is 6.58. The van der Waals surface area contributed by atoms with Crippen LogP contribution < -0.4 is 14.8 Å². The van der Waals surface area contributed by atoms with Crippen LogP contribution in [0.5, 0.6) is 11.5 Å². The van der Waals surface area contributed by atoms with Crippen LogP contribution in [0.15, 0.2) is 30.3 Å². The fraction of sp³-hybridized carbons (Fsp3) is 0.286. The van der Waals surface area contributed by atoms with Crippen molar-refractivity contribution >= 4 is 11.7 Å². The molecule has 0 spiro atoms. The van der Waals surface area contributed by atoms with E-state index in [9.17, 15) is 4.79 Å². The number of hydrogen-bond donors (Lipinski definition) is 1. The summed E-state index contributed by atoms with van der Waals surface area (Å²) in [7, 11) is 0.